The van der Waals surface area contributed by atoms with Gasteiger partial charge in [0, 0.05) is 6.61 Å². The standard InChI is InChI=1S/C13H26O2Si/c1-12(2)10-14-8-7-9-16(5,6)15-11-13(3)4/h1,3,7-11H2,2,4-6H3. The molecule has 0 rings (SSSR count). The molecule has 0 aliphatic heterocycles. The van der Waals surface area contributed by atoms with Crippen LogP contribution in [0.1, 0.15) is 20.3 Å². The van der Waals surface area contributed by atoms with Crippen molar-refractivity contribution in [3.8, 4) is 0 Å². The molecule has 0 saturated carbocycles. The maximum atomic E-state index is 5.88. The van der Waals surface area contributed by atoms with E-state index in [0.717, 1.165) is 30.2 Å². The summed E-state index contributed by atoms with van der Waals surface area (Å²) in [4.78, 5) is 0. The van der Waals surface area contributed by atoms with Gasteiger partial charge in [-0.2, -0.15) is 0 Å². The highest BCUT2D eigenvalue weighted by atomic mass is 28.4. The summed E-state index contributed by atoms with van der Waals surface area (Å²) in [5.41, 5.74) is 2.18. The molecule has 0 aliphatic rings. The Hall–Kier alpha value is -0.383. The van der Waals surface area contributed by atoms with E-state index in [1.807, 2.05) is 13.8 Å². The fraction of sp³-hybridized carbons (Fsp3) is 0.692. The third kappa shape index (κ3) is 10.1. The van der Waals surface area contributed by atoms with Crippen LogP contribution in [0.5, 0.6) is 0 Å². The van der Waals surface area contributed by atoms with Gasteiger partial charge in [-0.15, -0.1) is 0 Å². The van der Waals surface area contributed by atoms with Gasteiger partial charge >= 0.3 is 0 Å². The van der Waals surface area contributed by atoms with Crippen LogP contribution in [0.4, 0.5) is 0 Å². The van der Waals surface area contributed by atoms with Gasteiger partial charge in [-0.25, -0.2) is 0 Å². The SMILES string of the molecule is C=C(C)COCCC[Si](C)(C)OCC(=C)C. The van der Waals surface area contributed by atoms with Crippen LogP contribution in [-0.2, 0) is 9.16 Å². The van der Waals surface area contributed by atoms with Crippen LogP contribution in [0.25, 0.3) is 0 Å². The lowest BCUT2D eigenvalue weighted by Crippen LogP contribution is -2.31. The zero-order chi connectivity index (χ0) is 12.6. The molecule has 0 aromatic heterocycles. The molecule has 0 bridgehead atoms. The first kappa shape index (κ1) is 15.6. The first-order valence-electron chi connectivity index (χ1n) is 5.84. The molecular weight excluding hydrogens is 216 g/mol. The predicted octanol–water partition coefficient (Wildman–Crippen LogP) is 3.77. The third-order valence-corrected chi connectivity index (χ3v) is 4.61. The van der Waals surface area contributed by atoms with Crippen LogP contribution in [0.2, 0.25) is 19.1 Å². The maximum Gasteiger partial charge on any atom is 0.187 e. The highest BCUT2D eigenvalue weighted by molar-refractivity contribution is 6.71. The van der Waals surface area contributed by atoms with E-state index in [4.69, 9.17) is 9.16 Å². The van der Waals surface area contributed by atoms with Crippen LogP contribution < -0.4 is 0 Å². The van der Waals surface area contributed by atoms with Crippen molar-refractivity contribution in [2.75, 3.05) is 19.8 Å². The van der Waals surface area contributed by atoms with Crippen molar-refractivity contribution in [3.05, 3.63) is 24.3 Å². The van der Waals surface area contributed by atoms with Gasteiger partial charge in [0.05, 0.1) is 13.2 Å². The van der Waals surface area contributed by atoms with E-state index in [2.05, 4.69) is 26.3 Å². The molecule has 0 heterocycles. The molecule has 0 aliphatic carbocycles. The van der Waals surface area contributed by atoms with Gasteiger partial charge in [0.15, 0.2) is 8.32 Å². The molecule has 2 nitrogen and oxygen atoms in total. The van der Waals surface area contributed by atoms with Gasteiger partial charge in [-0.1, -0.05) is 24.3 Å². The van der Waals surface area contributed by atoms with E-state index < -0.39 is 8.32 Å². The first-order chi connectivity index (χ1) is 7.33. The summed E-state index contributed by atoms with van der Waals surface area (Å²) in [7, 11) is -1.51. The van der Waals surface area contributed by atoms with Gasteiger partial charge < -0.3 is 9.16 Å². The quantitative estimate of drug-likeness (QED) is 0.348. The Labute approximate surface area is 101 Å². The van der Waals surface area contributed by atoms with E-state index in [-0.39, 0.29) is 0 Å². The number of hydrogen-bond acceptors (Lipinski definition) is 2. The fourth-order valence-corrected chi connectivity index (χ4v) is 3.01. The maximum absolute atomic E-state index is 5.88. The minimum atomic E-state index is -1.51. The molecule has 0 saturated heterocycles. The third-order valence-electron chi connectivity index (χ3n) is 2.13. The molecule has 16 heavy (non-hydrogen) atoms. The topological polar surface area (TPSA) is 18.5 Å². The summed E-state index contributed by atoms with van der Waals surface area (Å²) >= 11 is 0. The van der Waals surface area contributed by atoms with Crippen molar-refractivity contribution < 1.29 is 9.16 Å². The lowest BCUT2D eigenvalue weighted by Gasteiger charge is -2.22. The highest BCUT2D eigenvalue weighted by Crippen LogP contribution is 2.14. The minimum Gasteiger partial charge on any atom is -0.413 e. The summed E-state index contributed by atoms with van der Waals surface area (Å²) in [5, 5.41) is 0. The van der Waals surface area contributed by atoms with Crippen LogP contribution in [0, 0.1) is 0 Å². The van der Waals surface area contributed by atoms with Gasteiger partial charge in [-0.3, -0.25) is 0 Å². The Morgan fingerprint density at radius 2 is 1.62 bits per heavy atom. The lowest BCUT2D eigenvalue weighted by molar-refractivity contribution is 0.155. The Bertz CT molecular complexity index is 234. The number of rotatable bonds is 9. The molecule has 0 spiro atoms. The zero-order valence-corrected chi connectivity index (χ0v) is 12.3. The van der Waals surface area contributed by atoms with E-state index in [9.17, 15) is 0 Å². The molecule has 0 atom stereocenters. The van der Waals surface area contributed by atoms with Crippen molar-refractivity contribution in [2.24, 2.45) is 0 Å². The average molecular weight is 242 g/mol. The highest BCUT2D eigenvalue weighted by Gasteiger charge is 2.21. The van der Waals surface area contributed by atoms with Crippen molar-refractivity contribution in [1.29, 1.82) is 0 Å². The van der Waals surface area contributed by atoms with Crippen molar-refractivity contribution in [3.63, 3.8) is 0 Å². The normalized spacial score (nSPS) is 11.5. The van der Waals surface area contributed by atoms with E-state index >= 15 is 0 Å². The Balaban J connectivity index is 3.57. The molecule has 0 fully saturated rings. The Morgan fingerprint density at radius 1 is 1.06 bits per heavy atom. The second kappa shape index (κ2) is 7.82. The van der Waals surface area contributed by atoms with Crippen molar-refractivity contribution in [2.45, 2.75) is 39.4 Å². The molecule has 0 aromatic carbocycles. The molecule has 0 unspecified atom stereocenters. The van der Waals surface area contributed by atoms with Crippen LogP contribution in [0.3, 0.4) is 0 Å². The smallest absolute Gasteiger partial charge is 0.187 e. The monoisotopic (exact) mass is 242 g/mol. The minimum absolute atomic E-state index is 0.675. The van der Waals surface area contributed by atoms with E-state index in [1.165, 1.54) is 0 Å². The fourth-order valence-electron chi connectivity index (χ4n) is 1.24. The summed E-state index contributed by atoms with van der Waals surface area (Å²) in [6.07, 6.45) is 1.07. The molecule has 0 amide bonds. The molecular formula is C13H26O2Si. The van der Waals surface area contributed by atoms with Crippen LogP contribution >= 0.6 is 0 Å². The second-order valence-electron chi connectivity index (χ2n) is 5.12. The largest absolute Gasteiger partial charge is 0.413 e. The van der Waals surface area contributed by atoms with Crippen molar-refractivity contribution >= 4 is 8.32 Å². The first-order valence-corrected chi connectivity index (χ1v) is 8.95. The van der Waals surface area contributed by atoms with Crippen LogP contribution in [-0.4, -0.2) is 28.1 Å². The Morgan fingerprint density at radius 3 is 2.12 bits per heavy atom. The number of hydrogen-bond donors (Lipinski definition) is 0. The summed E-state index contributed by atoms with van der Waals surface area (Å²) in [6.45, 7) is 18.3. The van der Waals surface area contributed by atoms with Crippen LogP contribution in [0.15, 0.2) is 24.3 Å². The summed E-state index contributed by atoms with van der Waals surface area (Å²) < 4.78 is 11.4. The van der Waals surface area contributed by atoms with Crippen molar-refractivity contribution in [1.82, 2.24) is 0 Å². The van der Waals surface area contributed by atoms with Gasteiger partial charge in [0.1, 0.15) is 0 Å². The number of ether oxygens (including phenoxy) is 1. The second-order valence-corrected chi connectivity index (χ2v) is 9.43. The molecule has 3 heteroatoms. The van der Waals surface area contributed by atoms with Gasteiger partial charge in [0.25, 0.3) is 0 Å². The van der Waals surface area contributed by atoms with Gasteiger partial charge in [0.2, 0.25) is 0 Å². The predicted molar refractivity (Wildman–Crippen MR) is 73.3 cm³/mol. The lowest BCUT2D eigenvalue weighted by atomic mass is 10.4. The molecule has 0 radical (unpaired) electrons. The van der Waals surface area contributed by atoms with E-state index in [1.54, 1.807) is 0 Å². The zero-order valence-electron chi connectivity index (χ0n) is 11.3. The van der Waals surface area contributed by atoms with E-state index in [0.29, 0.717) is 13.2 Å². The summed E-state index contributed by atoms with van der Waals surface area (Å²) in [6, 6.07) is 1.14. The summed E-state index contributed by atoms with van der Waals surface area (Å²) in [5.74, 6) is 0. The molecule has 0 N–H and O–H groups in total. The molecule has 94 valence electrons. The Kier molecular flexibility index (Phi) is 7.63. The van der Waals surface area contributed by atoms with Gasteiger partial charge in [-0.05, 0) is 39.4 Å². The molecule has 0 aromatic rings. The average Bonchev–Trinajstić information content (AvgIpc) is 2.14.